The number of rotatable bonds is 5. The Hall–Kier alpha value is -2.02. The summed E-state index contributed by atoms with van der Waals surface area (Å²) in [4.78, 5) is 8.30. The molecule has 1 aromatic carbocycles. The van der Waals surface area contributed by atoms with Crippen LogP contribution in [0.25, 0.3) is 0 Å². The van der Waals surface area contributed by atoms with Crippen LogP contribution < -0.4 is 20.1 Å². The number of hydrogen-bond donors (Lipinski definition) is 2. The lowest BCUT2D eigenvalue weighted by molar-refractivity contribution is 0.414. The molecule has 0 aliphatic carbocycles. The van der Waals surface area contributed by atoms with Gasteiger partial charge in [0.25, 0.3) is 0 Å². The summed E-state index contributed by atoms with van der Waals surface area (Å²) in [7, 11) is 4.97. The first-order valence-electron chi connectivity index (χ1n) is 5.87. The van der Waals surface area contributed by atoms with Crippen LogP contribution in [0.2, 0.25) is 0 Å². The molecule has 0 aliphatic heterocycles. The summed E-state index contributed by atoms with van der Waals surface area (Å²) < 4.78 is 11.4. The van der Waals surface area contributed by atoms with E-state index in [1.165, 1.54) is 6.33 Å². The van der Waals surface area contributed by atoms with E-state index in [1.807, 2.05) is 18.2 Å². The van der Waals surface area contributed by atoms with Crippen molar-refractivity contribution in [2.75, 3.05) is 31.9 Å². The van der Waals surface area contributed by atoms with Crippen molar-refractivity contribution < 1.29 is 9.47 Å². The van der Waals surface area contributed by atoms with Gasteiger partial charge in [-0.15, -0.1) is 0 Å². The average Bonchev–Trinajstić information content (AvgIpc) is 2.49. The summed E-state index contributed by atoms with van der Waals surface area (Å²) in [6.07, 6.45) is 1.46. The molecule has 0 saturated heterocycles. The molecule has 0 amide bonds. The number of halogens is 1. The molecule has 0 bridgehead atoms. The SMILES string of the molecule is CNc1ncnc(Nc2cc(OC)ccc2Br)c1OC. The number of benzene rings is 1. The van der Waals surface area contributed by atoms with E-state index >= 15 is 0 Å². The van der Waals surface area contributed by atoms with Crippen molar-refractivity contribution in [1.29, 1.82) is 0 Å². The Morgan fingerprint density at radius 2 is 1.85 bits per heavy atom. The van der Waals surface area contributed by atoms with E-state index in [1.54, 1.807) is 21.3 Å². The highest BCUT2D eigenvalue weighted by Crippen LogP contribution is 2.34. The summed E-state index contributed by atoms with van der Waals surface area (Å²) in [5, 5.41) is 6.16. The Bertz CT molecular complexity index is 607. The minimum atomic E-state index is 0.546. The second kappa shape index (κ2) is 6.42. The highest BCUT2D eigenvalue weighted by molar-refractivity contribution is 9.10. The van der Waals surface area contributed by atoms with Gasteiger partial charge >= 0.3 is 0 Å². The molecule has 0 spiro atoms. The first-order chi connectivity index (χ1) is 9.69. The molecule has 0 fully saturated rings. The summed E-state index contributed by atoms with van der Waals surface area (Å²) in [6, 6.07) is 5.63. The quantitative estimate of drug-likeness (QED) is 0.873. The van der Waals surface area contributed by atoms with Crippen molar-refractivity contribution in [2.45, 2.75) is 0 Å². The van der Waals surface area contributed by atoms with Crippen molar-refractivity contribution in [3.05, 3.63) is 29.0 Å². The summed E-state index contributed by atoms with van der Waals surface area (Å²) in [5.74, 6) is 2.48. The highest BCUT2D eigenvalue weighted by atomic mass is 79.9. The summed E-state index contributed by atoms with van der Waals surface area (Å²) in [6.45, 7) is 0. The van der Waals surface area contributed by atoms with E-state index in [-0.39, 0.29) is 0 Å². The van der Waals surface area contributed by atoms with Crippen LogP contribution >= 0.6 is 15.9 Å². The van der Waals surface area contributed by atoms with E-state index < -0.39 is 0 Å². The summed E-state index contributed by atoms with van der Waals surface area (Å²) >= 11 is 3.48. The first kappa shape index (κ1) is 14.4. The average molecular weight is 339 g/mol. The number of methoxy groups -OCH3 is 2. The molecule has 0 radical (unpaired) electrons. The number of nitrogens with one attached hydrogen (secondary N) is 2. The molecule has 0 aliphatic rings. The third kappa shape index (κ3) is 2.93. The van der Waals surface area contributed by atoms with Crippen LogP contribution in [-0.4, -0.2) is 31.2 Å². The molecule has 20 heavy (non-hydrogen) atoms. The van der Waals surface area contributed by atoms with Crippen molar-refractivity contribution in [2.24, 2.45) is 0 Å². The second-order valence-corrected chi connectivity index (χ2v) is 4.68. The van der Waals surface area contributed by atoms with Crippen LogP contribution in [0.5, 0.6) is 11.5 Å². The zero-order chi connectivity index (χ0) is 14.5. The van der Waals surface area contributed by atoms with Crippen LogP contribution in [0.1, 0.15) is 0 Å². The molecule has 0 atom stereocenters. The van der Waals surface area contributed by atoms with E-state index in [4.69, 9.17) is 9.47 Å². The molecule has 7 heteroatoms. The van der Waals surface area contributed by atoms with Gasteiger partial charge in [0, 0.05) is 17.6 Å². The molecule has 106 valence electrons. The van der Waals surface area contributed by atoms with Gasteiger partial charge in [-0.05, 0) is 28.1 Å². The Morgan fingerprint density at radius 1 is 1.10 bits per heavy atom. The standard InChI is InChI=1S/C13H15BrN4O2/c1-15-12-11(20-3)13(17-7-16-12)18-10-6-8(19-2)4-5-9(10)14/h4-7H,1-3H3,(H2,15,16,17,18). The van der Waals surface area contributed by atoms with Crippen molar-refractivity contribution in [3.8, 4) is 11.5 Å². The van der Waals surface area contributed by atoms with Gasteiger partial charge in [0.1, 0.15) is 12.1 Å². The van der Waals surface area contributed by atoms with Crippen LogP contribution in [-0.2, 0) is 0 Å². The maximum absolute atomic E-state index is 5.34. The fourth-order valence-electron chi connectivity index (χ4n) is 1.69. The smallest absolute Gasteiger partial charge is 0.204 e. The Morgan fingerprint density at radius 3 is 2.50 bits per heavy atom. The van der Waals surface area contributed by atoms with Gasteiger partial charge in [0.05, 0.1) is 19.9 Å². The van der Waals surface area contributed by atoms with E-state index in [0.717, 1.165) is 15.9 Å². The maximum Gasteiger partial charge on any atom is 0.204 e. The molecular weight excluding hydrogens is 324 g/mol. The Balaban J connectivity index is 2.39. The lowest BCUT2D eigenvalue weighted by Gasteiger charge is -2.14. The van der Waals surface area contributed by atoms with E-state index in [0.29, 0.717) is 17.4 Å². The topological polar surface area (TPSA) is 68.3 Å². The zero-order valence-electron chi connectivity index (χ0n) is 11.4. The number of hydrogen-bond acceptors (Lipinski definition) is 6. The van der Waals surface area contributed by atoms with Gasteiger partial charge in [-0.3, -0.25) is 0 Å². The molecule has 2 rings (SSSR count). The Kier molecular flexibility index (Phi) is 4.62. The predicted octanol–water partition coefficient (Wildman–Crippen LogP) is 3.04. The molecule has 1 aromatic heterocycles. The molecular formula is C13H15BrN4O2. The summed E-state index contributed by atoms with van der Waals surface area (Å²) in [5.41, 5.74) is 0.823. The van der Waals surface area contributed by atoms with Gasteiger partial charge in [0.15, 0.2) is 11.6 Å². The highest BCUT2D eigenvalue weighted by Gasteiger charge is 2.12. The largest absolute Gasteiger partial charge is 0.497 e. The van der Waals surface area contributed by atoms with Crippen LogP contribution in [0.15, 0.2) is 29.0 Å². The maximum atomic E-state index is 5.34. The van der Waals surface area contributed by atoms with Crippen molar-refractivity contribution >= 4 is 33.3 Å². The van der Waals surface area contributed by atoms with Gasteiger partial charge in [0.2, 0.25) is 5.75 Å². The van der Waals surface area contributed by atoms with Gasteiger partial charge in [-0.25, -0.2) is 9.97 Å². The fraction of sp³-hybridized carbons (Fsp3) is 0.231. The molecule has 2 aromatic rings. The van der Waals surface area contributed by atoms with Crippen molar-refractivity contribution in [1.82, 2.24) is 9.97 Å². The Labute approximate surface area is 125 Å². The molecule has 6 nitrogen and oxygen atoms in total. The monoisotopic (exact) mass is 338 g/mol. The number of nitrogens with zero attached hydrogens (tertiary/aromatic N) is 2. The molecule has 0 unspecified atom stereocenters. The predicted molar refractivity (Wildman–Crippen MR) is 82.1 cm³/mol. The molecule has 1 heterocycles. The molecule has 2 N–H and O–H groups in total. The van der Waals surface area contributed by atoms with Gasteiger partial charge < -0.3 is 20.1 Å². The normalized spacial score (nSPS) is 10.0. The third-order valence-corrected chi connectivity index (χ3v) is 3.36. The number of anilines is 3. The molecule has 0 saturated carbocycles. The van der Waals surface area contributed by atoms with Crippen LogP contribution in [0.3, 0.4) is 0 Å². The van der Waals surface area contributed by atoms with Crippen molar-refractivity contribution in [3.63, 3.8) is 0 Å². The minimum Gasteiger partial charge on any atom is -0.497 e. The van der Waals surface area contributed by atoms with Crippen LogP contribution in [0, 0.1) is 0 Å². The fourth-order valence-corrected chi connectivity index (χ4v) is 2.03. The third-order valence-electron chi connectivity index (χ3n) is 2.67. The first-order valence-corrected chi connectivity index (χ1v) is 6.66. The lowest BCUT2D eigenvalue weighted by atomic mass is 10.3. The van der Waals surface area contributed by atoms with E-state index in [9.17, 15) is 0 Å². The van der Waals surface area contributed by atoms with E-state index in [2.05, 4.69) is 36.5 Å². The van der Waals surface area contributed by atoms with Gasteiger partial charge in [-0.1, -0.05) is 0 Å². The number of ether oxygens (including phenoxy) is 2. The minimum absolute atomic E-state index is 0.546. The van der Waals surface area contributed by atoms with Gasteiger partial charge in [-0.2, -0.15) is 0 Å². The zero-order valence-corrected chi connectivity index (χ0v) is 13.0. The van der Waals surface area contributed by atoms with Crippen LogP contribution in [0.4, 0.5) is 17.3 Å². The number of aromatic nitrogens is 2. The second-order valence-electron chi connectivity index (χ2n) is 3.82. The lowest BCUT2D eigenvalue weighted by Crippen LogP contribution is -2.03.